The second-order valence-electron chi connectivity index (χ2n) is 4.34. The van der Waals surface area contributed by atoms with Gasteiger partial charge in [0.25, 0.3) is 5.56 Å². The molecule has 0 saturated carbocycles. The third kappa shape index (κ3) is 3.16. The Morgan fingerprint density at radius 1 is 1.35 bits per heavy atom. The molecule has 0 radical (unpaired) electrons. The van der Waals surface area contributed by atoms with E-state index in [1.165, 1.54) is 4.68 Å². The molecule has 0 spiro atoms. The summed E-state index contributed by atoms with van der Waals surface area (Å²) in [6.45, 7) is 1.96. The summed E-state index contributed by atoms with van der Waals surface area (Å²) < 4.78 is 1.71. The smallest absolute Gasteiger partial charge is 0.282 e. The summed E-state index contributed by atoms with van der Waals surface area (Å²) in [7, 11) is 1.60. The Balaban J connectivity index is 2.28. The van der Waals surface area contributed by atoms with Crippen LogP contribution in [-0.2, 0) is 7.05 Å². The van der Waals surface area contributed by atoms with Crippen molar-refractivity contribution in [3.8, 4) is 0 Å². The number of hydrogen-bond acceptors (Lipinski definition) is 3. The highest BCUT2D eigenvalue weighted by atomic mass is 79.9. The monoisotopic (exact) mass is 375 g/mol. The van der Waals surface area contributed by atoms with Crippen LogP contribution in [0.25, 0.3) is 0 Å². The van der Waals surface area contributed by atoms with Crippen molar-refractivity contribution in [2.45, 2.75) is 13.0 Å². The molecule has 0 fully saturated rings. The van der Waals surface area contributed by atoms with Crippen molar-refractivity contribution in [3.63, 3.8) is 0 Å². The van der Waals surface area contributed by atoms with Gasteiger partial charge < -0.3 is 5.32 Å². The highest BCUT2D eigenvalue weighted by molar-refractivity contribution is 9.10. The second kappa shape index (κ2) is 6.16. The van der Waals surface area contributed by atoms with Crippen LogP contribution in [-0.4, -0.2) is 9.78 Å². The predicted molar refractivity (Wildman–Crippen MR) is 85.7 cm³/mol. The van der Waals surface area contributed by atoms with Crippen molar-refractivity contribution in [2.75, 3.05) is 5.32 Å². The third-order valence-corrected chi connectivity index (χ3v) is 4.40. The van der Waals surface area contributed by atoms with Crippen molar-refractivity contribution < 1.29 is 0 Å². The molecule has 20 heavy (non-hydrogen) atoms. The standard InChI is InChI=1S/C13H12BrCl2N3O/c1-7(8-3-4-9(15)10(16)5-8)18-11-6-17-19(2)13(20)12(11)14/h3-7,18H,1-2H3. The van der Waals surface area contributed by atoms with E-state index in [4.69, 9.17) is 23.2 Å². The molecular formula is C13H12BrCl2N3O. The molecule has 0 aliphatic heterocycles. The average molecular weight is 377 g/mol. The van der Waals surface area contributed by atoms with E-state index < -0.39 is 0 Å². The first-order chi connectivity index (χ1) is 9.40. The largest absolute Gasteiger partial charge is 0.376 e. The Kier molecular flexibility index (Phi) is 4.73. The van der Waals surface area contributed by atoms with E-state index in [0.717, 1.165) is 5.56 Å². The Hall–Kier alpha value is -1.04. The zero-order valence-corrected chi connectivity index (χ0v) is 13.9. The number of aryl methyl sites for hydroxylation is 1. The van der Waals surface area contributed by atoms with Crippen LogP contribution in [0.15, 0.2) is 33.7 Å². The van der Waals surface area contributed by atoms with E-state index in [1.54, 1.807) is 25.4 Å². The van der Waals surface area contributed by atoms with Crippen LogP contribution in [0.4, 0.5) is 5.69 Å². The van der Waals surface area contributed by atoms with Gasteiger partial charge in [0.15, 0.2) is 0 Å². The minimum absolute atomic E-state index is 0.0463. The van der Waals surface area contributed by atoms with E-state index in [0.29, 0.717) is 20.2 Å². The summed E-state index contributed by atoms with van der Waals surface area (Å²) >= 11 is 15.2. The Morgan fingerprint density at radius 3 is 2.70 bits per heavy atom. The number of nitrogens with one attached hydrogen (secondary N) is 1. The fraction of sp³-hybridized carbons (Fsp3) is 0.231. The SMILES string of the molecule is CC(Nc1cnn(C)c(=O)c1Br)c1ccc(Cl)c(Cl)c1. The summed E-state index contributed by atoms with van der Waals surface area (Å²) in [5.41, 5.74) is 1.40. The van der Waals surface area contributed by atoms with Crippen LogP contribution in [0.5, 0.6) is 0 Å². The van der Waals surface area contributed by atoms with Gasteiger partial charge in [0.05, 0.1) is 21.9 Å². The number of anilines is 1. The molecule has 2 rings (SSSR count). The molecule has 1 atom stereocenters. The van der Waals surface area contributed by atoms with Crippen molar-refractivity contribution in [3.05, 3.63) is 54.8 Å². The van der Waals surface area contributed by atoms with Gasteiger partial charge in [-0.25, -0.2) is 4.68 Å². The molecule has 4 nitrogen and oxygen atoms in total. The van der Waals surface area contributed by atoms with Crippen LogP contribution < -0.4 is 10.9 Å². The lowest BCUT2D eigenvalue weighted by atomic mass is 10.1. The van der Waals surface area contributed by atoms with E-state index in [9.17, 15) is 4.79 Å². The lowest BCUT2D eigenvalue weighted by Crippen LogP contribution is -2.22. The molecule has 1 heterocycles. The molecule has 0 aliphatic rings. The van der Waals surface area contributed by atoms with Gasteiger partial charge in [-0.2, -0.15) is 5.10 Å². The van der Waals surface area contributed by atoms with Crippen molar-refractivity contribution in [2.24, 2.45) is 7.05 Å². The first-order valence-corrected chi connectivity index (χ1v) is 7.38. The summed E-state index contributed by atoms with van der Waals surface area (Å²) in [4.78, 5) is 11.8. The van der Waals surface area contributed by atoms with Gasteiger partial charge in [0.2, 0.25) is 0 Å². The molecule has 1 unspecified atom stereocenters. The van der Waals surface area contributed by atoms with E-state index in [1.807, 2.05) is 13.0 Å². The maximum atomic E-state index is 11.8. The quantitative estimate of drug-likeness (QED) is 0.879. The molecule has 106 valence electrons. The summed E-state index contributed by atoms with van der Waals surface area (Å²) in [5, 5.41) is 8.21. The normalized spacial score (nSPS) is 12.2. The minimum Gasteiger partial charge on any atom is -0.376 e. The number of hydrogen-bond donors (Lipinski definition) is 1. The summed E-state index contributed by atoms with van der Waals surface area (Å²) in [6, 6.07) is 5.38. The number of rotatable bonds is 3. The zero-order chi connectivity index (χ0) is 14.9. The highest BCUT2D eigenvalue weighted by Crippen LogP contribution is 2.28. The lowest BCUT2D eigenvalue weighted by molar-refractivity contribution is 0.701. The van der Waals surface area contributed by atoms with Gasteiger partial charge in [0.1, 0.15) is 4.47 Å². The van der Waals surface area contributed by atoms with Crippen LogP contribution in [0, 0.1) is 0 Å². The Labute approximate surface area is 134 Å². The maximum Gasteiger partial charge on any atom is 0.282 e. The van der Waals surface area contributed by atoms with Crippen LogP contribution in [0.2, 0.25) is 10.0 Å². The first kappa shape index (κ1) is 15.4. The Morgan fingerprint density at radius 2 is 2.05 bits per heavy atom. The summed E-state index contributed by atoms with van der Waals surface area (Å²) in [6.07, 6.45) is 1.60. The van der Waals surface area contributed by atoms with Crippen LogP contribution in [0.3, 0.4) is 0 Å². The number of nitrogens with zero attached hydrogens (tertiary/aromatic N) is 2. The van der Waals surface area contributed by atoms with Gasteiger partial charge in [-0.3, -0.25) is 4.79 Å². The molecule has 0 amide bonds. The van der Waals surface area contributed by atoms with Crippen molar-refractivity contribution in [1.29, 1.82) is 0 Å². The Bertz CT molecular complexity index is 703. The molecule has 2 aromatic rings. The average Bonchev–Trinajstić information content (AvgIpc) is 2.42. The zero-order valence-electron chi connectivity index (χ0n) is 10.8. The van der Waals surface area contributed by atoms with Gasteiger partial charge >= 0.3 is 0 Å². The van der Waals surface area contributed by atoms with Crippen LogP contribution in [0.1, 0.15) is 18.5 Å². The fourth-order valence-electron chi connectivity index (χ4n) is 1.71. The molecule has 1 aromatic carbocycles. The number of aromatic nitrogens is 2. The second-order valence-corrected chi connectivity index (χ2v) is 5.95. The molecule has 7 heteroatoms. The molecule has 1 N–H and O–H groups in total. The maximum absolute atomic E-state index is 11.8. The van der Waals surface area contributed by atoms with Gasteiger partial charge in [-0.15, -0.1) is 0 Å². The van der Waals surface area contributed by atoms with Gasteiger partial charge in [-0.05, 0) is 40.5 Å². The summed E-state index contributed by atoms with van der Waals surface area (Å²) in [5.74, 6) is 0. The van der Waals surface area contributed by atoms with Crippen molar-refractivity contribution in [1.82, 2.24) is 9.78 Å². The van der Waals surface area contributed by atoms with Crippen LogP contribution >= 0.6 is 39.1 Å². The molecule has 0 bridgehead atoms. The first-order valence-electron chi connectivity index (χ1n) is 5.83. The molecular weight excluding hydrogens is 365 g/mol. The highest BCUT2D eigenvalue weighted by Gasteiger charge is 2.12. The lowest BCUT2D eigenvalue weighted by Gasteiger charge is -2.17. The van der Waals surface area contributed by atoms with Crippen molar-refractivity contribution >= 4 is 44.8 Å². The van der Waals surface area contributed by atoms with E-state index in [-0.39, 0.29) is 11.6 Å². The fourth-order valence-corrected chi connectivity index (χ4v) is 2.49. The number of halogens is 3. The van der Waals surface area contributed by atoms with Gasteiger partial charge in [0, 0.05) is 13.1 Å². The minimum atomic E-state index is -0.198. The van der Waals surface area contributed by atoms with E-state index in [2.05, 4.69) is 26.3 Å². The van der Waals surface area contributed by atoms with E-state index >= 15 is 0 Å². The molecule has 0 aliphatic carbocycles. The topological polar surface area (TPSA) is 46.9 Å². The molecule has 0 saturated heterocycles. The third-order valence-electron chi connectivity index (χ3n) is 2.89. The number of benzene rings is 1. The predicted octanol–water partition coefficient (Wildman–Crippen LogP) is 4.02. The van der Waals surface area contributed by atoms with Gasteiger partial charge in [-0.1, -0.05) is 29.3 Å². The molecule has 1 aromatic heterocycles.